The van der Waals surface area contributed by atoms with Crippen LogP contribution in [0.4, 0.5) is 0 Å². The van der Waals surface area contributed by atoms with Crippen LogP contribution in [0.25, 0.3) is 0 Å². The summed E-state index contributed by atoms with van der Waals surface area (Å²) in [6.07, 6.45) is 0. The molecular weight excluding hydrogens is 224 g/mol. The molecule has 1 aromatic carbocycles. The van der Waals surface area contributed by atoms with E-state index in [1.54, 1.807) is 7.11 Å². The van der Waals surface area contributed by atoms with Crippen molar-refractivity contribution >= 4 is 0 Å². The number of nitrogens with one attached hydrogen (secondary N) is 2. The summed E-state index contributed by atoms with van der Waals surface area (Å²) in [6, 6.07) is 4.46. The van der Waals surface area contributed by atoms with Crippen molar-refractivity contribution in [3.8, 4) is 5.75 Å². The summed E-state index contributed by atoms with van der Waals surface area (Å²) in [5.41, 5.74) is 3.86. The third-order valence-corrected chi connectivity index (χ3v) is 3.31. The van der Waals surface area contributed by atoms with Gasteiger partial charge in [-0.05, 0) is 37.6 Å². The monoisotopic (exact) mass is 250 g/mol. The Balaban J connectivity index is 2.95. The van der Waals surface area contributed by atoms with E-state index in [9.17, 15) is 0 Å². The average Bonchev–Trinajstić information content (AvgIpc) is 2.28. The maximum Gasteiger partial charge on any atom is 0.124 e. The minimum Gasteiger partial charge on any atom is -0.496 e. The molecule has 0 aromatic heterocycles. The van der Waals surface area contributed by atoms with E-state index in [1.807, 2.05) is 7.05 Å². The summed E-state index contributed by atoms with van der Waals surface area (Å²) in [5, 5.41) is 6.50. The SMILES string of the molecule is CNCNCC(C)(C)c1cc(C)c(OC)c(C)c1. The quantitative estimate of drug-likeness (QED) is 0.600. The number of rotatable bonds is 6. The molecule has 2 N–H and O–H groups in total. The Morgan fingerprint density at radius 1 is 1.17 bits per heavy atom. The van der Waals surface area contributed by atoms with Gasteiger partial charge in [0.1, 0.15) is 5.75 Å². The highest BCUT2D eigenvalue weighted by molar-refractivity contribution is 5.45. The number of hydrogen-bond donors (Lipinski definition) is 2. The smallest absolute Gasteiger partial charge is 0.124 e. The Kier molecular flexibility index (Phi) is 5.17. The zero-order chi connectivity index (χ0) is 13.8. The second kappa shape index (κ2) is 6.21. The first kappa shape index (κ1) is 15.0. The van der Waals surface area contributed by atoms with Crippen molar-refractivity contribution in [3.05, 3.63) is 28.8 Å². The lowest BCUT2D eigenvalue weighted by Crippen LogP contribution is -2.37. The van der Waals surface area contributed by atoms with Gasteiger partial charge in [-0.15, -0.1) is 0 Å². The number of hydrogen-bond acceptors (Lipinski definition) is 3. The first-order valence-electron chi connectivity index (χ1n) is 6.43. The number of ether oxygens (including phenoxy) is 1. The van der Waals surface area contributed by atoms with Crippen molar-refractivity contribution in [2.75, 3.05) is 27.4 Å². The van der Waals surface area contributed by atoms with Crippen LogP contribution in [0.3, 0.4) is 0 Å². The Hall–Kier alpha value is -1.06. The molecule has 0 aliphatic heterocycles. The van der Waals surface area contributed by atoms with Crippen LogP contribution in [-0.2, 0) is 5.41 Å². The van der Waals surface area contributed by atoms with Gasteiger partial charge in [0, 0.05) is 18.6 Å². The van der Waals surface area contributed by atoms with Crippen molar-refractivity contribution in [2.24, 2.45) is 0 Å². The summed E-state index contributed by atoms with van der Waals surface area (Å²) in [6.45, 7) is 10.5. The van der Waals surface area contributed by atoms with Gasteiger partial charge in [0.2, 0.25) is 0 Å². The molecule has 0 spiro atoms. The highest BCUT2D eigenvalue weighted by atomic mass is 16.5. The van der Waals surface area contributed by atoms with Crippen molar-refractivity contribution < 1.29 is 4.74 Å². The maximum absolute atomic E-state index is 5.42. The molecule has 0 saturated carbocycles. The fourth-order valence-electron chi connectivity index (χ4n) is 2.27. The van der Waals surface area contributed by atoms with E-state index in [2.05, 4.69) is 50.5 Å². The first-order valence-corrected chi connectivity index (χ1v) is 6.43. The molecule has 1 aromatic rings. The molecule has 0 aliphatic carbocycles. The minimum atomic E-state index is 0.110. The number of benzene rings is 1. The minimum absolute atomic E-state index is 0.110. The molecule has 0 amide bonds. The van der Waals surface area contributed by atoms with Gasteiger partial charge in [-0.25, -0.2) is 0 Å². The molecule has 0 bridgehead atoms. The van der Waals surface area contributed by atoms with Crippen molar-refractivity contribution in [3.63, 3.8) is 0 Å². The molecule has 0 aliphatic rings. The molecule has 0 fully saturated rings. The molecule has 0 atom stereocenters. The van der Waals surface area contributed by atoms with Crippen LogP contribution in [0.1, 0.15) is 30.5 Å². The lowest BCUT2D eigenvalue weighted by molar-refractivity contribution is 0.406. The zero-order valence-corrected chi connectivity index (χ0v) is 12.5. The predicted molar refractivity (Wildman–Crippen MR) is 77.4 cm³/mol. The van der Waals surface area contributed by atoms with Gasteiger partial charge in [0.25, 0.3) is 0 Å². The number of methoxy groups -OCH3 is 1. The summed E-state index contributed by atoms with van der Waals surface area (Å²) in [7, 11) is 3.68. The van der Waals surface area contributed by atoms with Crippen molar-refractivity contribution in [1.29, 1.82) is 0 Å². The van der Waals surface area contributed by atoms with Gasteiger partial charge in [0.15, 0.2) is 0 Å². The van der Waals surface area contributed by atoms with Crippen LogP contribution in [-0.4, -0.2) is 27.4 Å². The average molecular weight is 250 g/mol. The second-order valence-corrected chi connectivity index (χ2v) is 5.48. The largest absolute Gasteiger partial charge is 0.496 e. The van der Waals surface area contributed by atoms with Crippen LogP contribution in [0, 0.1) is 13.8 Å². The van der Waals surface area contributed by atoms with E-state index >= 15 is 0 Å². The van der Waals surface area contributed by atoms with Gasteiger partial charge >= 0.3 is 0 Å². The summed E-state index contributed by atoms with van der Waals surface area (Å²) < 4.78 is 5.42. The summed E-state index contributed by atoms with van der Waals surface area (Å²) >= 11 is 0. The molecule has 102 valence electrons. The topological polar surface area (TPSA) is 33.3 Å². The molecule has 0 heterocycles. The van der Waals surface area contributed by atoms with Crippen molar-refractivity contribution in [2.45, 2.75) is 33.1 Å². The summed E-state index contributed by atoms with van der Waals surface area (Å²) in [5.74, 6) is 0.998. The molecule has 1 rings (SSSR count). The molecule has 18 heavy (non-hydrogen) atoms. The fraction of sp³-hybridized carbons (Fsp3) is 0.600. The predicted octanol–water partition coefficient (Wildman–Crippen LogP) is 2.36. The highest BCUT2D eigenvalue weighted by Gasteiger charge is 2.21. The van der Waals surface area contributed by atoms with E-state index in [-0.39, 0.29) is 5.41 Å². The Labute approximate surface area is 111 Å². The van der Waals surface area contributed by atoms with E-state index in [4.69, 9.17) is 4.74 Å². The molecule has 0 radical (unpaired) electrons. The maximum atomic E-state index is 5.42. The Bertz CT molecular complexity index is 376. The lowest BCUT2D eigenvalue weighted by Gasteiger charge is -2.27. The molecular formula is C15H26N2O. The standard InChI is InChI=1S/C15H26N2O/c1-11-7-13(8-12(2)14(11)18-6)15(3,4)9-17-10-16-5/h7-8,16-17H,9-10H2,1-6H3. The van der Waals surface area contributed by atoms with Crippen LogP contribution in [0.5, 0.6) is 5.75 Å². The highest BCUT2D eigenvalue weighted by Crippen LogP contribution is 2.30. The Morgan fingerprint density at radius 3 is 2.17 bits per heavy atom. The van der Waals surface area contributed by atoms with E-state index in [1.165, 1.54) is 16.7 Å². The van der Waals surface area contributed by atoms with Gasteiger partial charge < -0.3 is 15.4 Å². The van der Waals surface area contributed by atoms with Gasteiger partial charge in [-0.2, -0.15) is 0 Å². The van der Waals surface area contributed by atoms with Gasteiger partial charge in [-0.1, -0.05) is 26.0 Å². The second-order valence-electron chi connectivity index (χ2n) is 5.48. The number of aryl methyl sites for hydroxylation is 2. The molecule has 3 nitrogen and oxygen atoms in total. The van der Waals surface area contributed by atoms with Crippen LogP contribution in [0.2, 0.25) is 0 Å². The molecule has 0 unspecified atom stereocenters. The van der Waals surface area contributed by atoms with Crippen LogP contribution in [0.15, 0.2) is 12.1 Å². The molecule has 3 heteroatoms. The normalized spacial score (nSPS) is 11.7. The zero-order valence-electron chi connectivity index (χ0n) is 12.5. The fourth-order valence-corrected chi connectivity index (χ4v) is 2.27. The van der Waals surface area contributed by atoms with Gasteiger partial charge in [0.05, 0.1) is 7.11 Å². The Morgan fingerprint density at radius 2 is 1.72 bits per heavy atom. The van der Waals surface area contributed by atoms with E-state index in [0.29, 0.717) is 0 Å². The van der Waals surface area contributed by atoms with E-state index in [0.717, 1.165) is 19.0 Å². The lowest BCUT2D eigenvalue weighted by atomic mass is 9.83. The van der Waals surface area contributed by atoms with Gasteiger partial charge in [-0.3, -0.25) is 0 Å². The third kappa shape index (κ3) is 3.47. The molecule has 0 saturated heterocycles. The summed E-state index contributed by atoms with van der Waals surface area (Å²) in [4.78, 5) is 0. The van der Waals surface area contributed by atoms with Crippen molar-refractivity contribution in [1.82, 2.24) is 10.6 Å². The van der Waals surface area contributed by atoms with Crippen LogP contribution < -0.4 is 15.4 Å². The first-order chi connectivity index (χ1) is 8.42. The van der Waals surface area contributed by atoms with Crippen LogP contribution >= 0.6 is 0 Å². The third-order valence-electron chi connectivity index (χ3n) is 3.31. The van der Waals surface area contributed by atoms with E-state index < -0.39 is 0 Å².